The fraction of sp³-hybridized carbons (Fsp3) is 0. The van der Waals surface area contributed by atoms with Crippen LogP contribution in [0.25, 0.3) is 5.65 Å². The number of fused-ring (bicyclic) bond motifs is 1. The molecule has 2 N–H and O–H groups in total. The number of hydrogen-bond acceptors (Lipinski definition) is 5. The number of anilines is 1. The Hall–Kier alpha value is -2.34. The quantitative estimate of drug-likeness (QED) is 0.715. The predicted octanol–water partition coefficient (Wildman–Crippen LogP) is 2.15. The number of nitrogen functional groups attached to an aromatic ring is 1. The minimum atomic E-state index is 0.183. The second-order valence-corrected chi connectivity index (χ2v) is 3.92. The standard InChI is InChI=1S/C11H8ClN5O/c12-11-15-14-9-4-5-10(16-17(9)11)18-8-3-1-2-7(13)6-8/h1-6H,13H2. The summed E-state index contributed by atoms with van der Waals surface area (Å²) in [4.78, 5) is 0. The Balaban J connectivity index is 1.97. The summed E-state index contributed by atoms with van der Waals surface area (Å²) in [6.45, 7) is 0. The first kappa shape index (κ1) is 10.8. The number of nitrogens with zero attached hydrogens (tertiary/aromatic N) is 4. The summed E-state index contributed by atoms with van der Waals surface area (Å²) in [5, 5.41) is 11.9. The van der Waals surface area contributed by atoms with Crippen molar-refractivity contribution in [3.8, 4) is 11.6 Å². The zero-order chi connectivity index (χ0) is 12.5. The first-order chi connectivity index (χ1) is 8.72. The van der Waals surface area contributed by atoms with Crippen molar-refractivity contribution in [2.75, 3.05) is 5.73 Å². The third kappa shape index (κ3) is 1.93. The van der Waals surface area contributed by atoms with E-state index >= 15 is 0 Å². The Morgan fingerprint density at radius 3 is 2.89 bits per heavy atom. The molecule has 0 spiro atoms. The second kappa shape index (κ2) is 4.15. The van der Waals surface area contributed by atoms with Crippen molar-refractivity contribution >= 4 is 22.9 Å². The van der Waals surface area contributed by atoms with Gasteiger partial charge >= 0.3 is 0 Å². The molecule has 18 heavy (non-hydrogen) atoms. The molecule has 0 unspecified atom stereocenters. The van der Waals surface area contributed by atoms with Crippen molar-refractivity contribution < 1.29 is 4.74 Å². The largest absolute Gasteiger partial charge is 0.438 e. The van der Waals surface area contributed by atoms with Gasteiger partial charge in [-0.15, -0.1) is 15.3 Å². The van der Waals surface area contributed by atoms with Gasteiger partial charge in [-0.2, -0.15) is 4.52 Å². The van der Waals surface area contributed by atoms with Crippen molar-refractivity contribution in [3.63, 3.8) is 0 Å². The van der Waals surface area contributed by atoms with Gasteiger partial charge in [-0.05, 0) is 29.8 Å². The molecule has 3 rings (SSSR count). The summed E-state index contributed by atoms with van der Waals surface area (Å²) >= 11 is 5.82. The molecular weight excluding hydrogens is 254 g/mol. The Morgan fingerprint density at radius 1 is 1.17 bits per heavy atom. The van der Waals surface area contributed by atoms with Gasteiger partial charge in [0.25, 0.3) is 0 Å². The Bertz CT molecular complexity index is 711. The van der Waals surface area contributed by atoms with Crippen LogP contribution in [0.15, 0.2) is 36.4 Å². The van der Waals surface area contributed by atoms with Crippen molar-refractivity contribution in [2.24, 2.45) is 0 Å². The smallest absolute Gasteiger partial charge is 0.246 e. The normalized spacial score (nSPS) is 10.7. The third-order valence-corrected chi connectivity index (χ3v) is 2.52. The van der Waals surface area contributed by atoms with E-state index in [1.54, 1.807) is 36.4 Å². The molecule has 0 aliphatic carbocycles. The molecule has 1 aromatic carbocycles. The molecule has 0 radical (unpaired) electrons. The second-order valence-electron chi connectivity index (χ2n) is 3.59. The molecule has 0 amide bonds. The molecule has 0 fully saturated rings. The number of benzene rings is 1. The van der Waals surface area contributed by atoms with E-state index in [9.17, 15) is 0 Å². The average Bonchev–Trinajstić information content (AvgIpc) is 2.71. The summed E-state index contributed by atoms with van der Waals surface area (Å²) in [6, 6.07) is 10.5. The van der Waals surface area contributed by atoms with Crippen LogP contribution < -0.4 is 10.5 Å². The highest BCUT2D eigenvalue weighted by Gasteiger charge is 2.06. The van der Waals surface area contributed by atoms with Gasteiger partial charge in [-0.25, -0.2) is 0 Å². The summed E-state index contributed by atoms with van der Waals surface area (Å²) in [7, 11) is 0. The van der Waals surface area contributed by atoms with E-state index in [0.29, 0.717) is 23.0 Å². The molecule has 0 saturated heterocycles. The fourth-order valence-electron chi connectivity index (χ4n) is 1.50. The first-order valence-corrected chi connectivity index (χ1v) is 5.51. The first-order valence-electron chi connectivity index (χ1n) is 5.14. The maximum atomic E-state index is 5.82. The molecule has 0 bridgehead atoms. The molecule has 0 aliphatic rings. The highest BCUT2D eigenvalue weighted by molar-refractivity contribution is 6.28. The minimum absolute atomic E-state index is 0.183. The van der Waals surface area contributed by atoms with Gasteiger partial charge < -0.3 is 10.5 Å². The van der Waals surface area contributed by atoms with E-state index in [0.717, 1.165) is 0 Å². The lowest BCUT2D eigenvalue weighted by atomic mass is 10.3. The Kier molecular flexibility index (Phi) is 2.49. The van der Waals surface area contributed by atoms with Crippen LogP contribution in [0, 0.1) is 0 Å². The van der Waals surface area contributed by atoms with Gasteiger partial charge in [-0.3, -0.25) is 0 Å². The maximum Gasteiger partial charge on any atom is 0.246 e. The zero-order valence-electron chi connectivity index (χ0n) is 9.12. The lowest BCUT2D eigenvalue weighted by Gasteiger charge is -2.05. The topological polar surface area (TPSA) is 78.3 Å². The third-order valence-electron chi connectivity index (χ3n) is 2.28. The van der Waals surface area contributed by atoms with Gasteiger partial charge in [0.2, 0.25) is 11.2 Å². The monoisotopic (exact) mass is 261 g/mol. The molecule has 2 heterocycles. The van der Waals surface area contributed by atoms with Crippen LogP contribution in [0.5, 0.6) is 11.6 Å². The summed E-state index contributed by atoms with van der Waals surface area (Å²) in [6.07, 6.45) is 0. The molecule has 90 valence electrons. The minimum Gasteiger partial charge on any atom is -0.438 e. The van der Waals surface area contributed by atoms with Crippen LogP contribution in [0.2, 0.25) is 5.28 Å². The van der Waals surface area contributed by atoms with Crippen LogP contribution in [0.4, 0.5) is 5.69 Å². The van der Waals surface area contributed by atoms with E-state index in [2.05, 4.69) is 15.3 Å². The van der Waals surface area contributed by atoms with E-state index in [-0.39, 0.29) is 5.28 Å². The molecule has 0 aliphatic heterocycles. The number of aromatic nitrogens is 4. The highest BCUT2D eigenvalue weighted by atomic mass is 35.5. The number of ether oxygens (including phenoxy) is 1. The lowest BCUT2D eigenvalue weighted by molar-refractivity contribution is 0.453. The van der Waals surface area contributed by atoms with Crippen molar-refractivity contribution in [2.45, 2.75) is 0 Å². The average molecular weight is 262 g/mol. The van der Waals surface area contributed by atoms with Gasteiger partial charge in [0.05, 0.1) is 0 Å². The van der Waals surface area contributed by atoms with Gasteiger partial charge in [0.15, 0.2) is 5.65 Å². The number of rotatable bonds is 2. The van der Waals surface area contributed by atoms with Crippen molar-refractivity contribution in [1.29, 1.82) is 0 Å². The van der Waals surface area contributed by atoms with Gasteiger partial charge in [-0.1, -0.05) is 6.07 Å². The molecule has 6 nitrogen and oxygen atoms in total. The molecule has 3 aromatic rings. The SMILES string of the molecule is Nc1cccc(Oc2ccc3nnc(Cl)n3n2)c1. The van der Waals surface area contributed by atoms with E-state index in [1.165, 1.54) is 4.52 Å². The highest BCUT2D eigenvalue weighted by Crippen LogP contribution is 2.21. The number of halogens is 1. The molecule has 2 aromatic heterocycles. The van der Waals surface area contributed by atoms with Crippen molar-refractivity contribution in [3.05, 3.63) is 41.7 Å². The van der Waals surface area contributed by atoms with Crippen LogP contribution in [-0.4, -0.2) is 19.8 Å². The lowest BCUT2D eigenvalue weighted by Crippen LogP contribution is -1.96. The Morgan fingerprint density at radius 2 is 2.06 bits per heavy atom. The van der Waals surface area contributed by atoms with E-state index < -0.39 is 0 Å². The summed E-state index contributed by atoms with van der Waals surface area (Å²) in [5.41, 5.74) is 6.84. The van der Waals surface area contributed by atoms with Crippen LogP contribution in [0.1, 0.15) is 0 Å². The van der Waals surface area contributed by atoms with E-state index in [1.807, 2.05) is 0 Å². The molecular formula is C11H8ClN5O. The predicted molar refractivity (Wildman–Crippen MR) is 66.7 cm³/mol. The van der Waals surface area contributed by atoms with E-state index in [4.69, 9.17) is 22.1 Å². The summed E-state index contributed by atoms with van der Waals surface area (Å²) < 4.78 is 6.96. The Labute approximate surface area is 107 Å². The number of hydrogen-bond donors (Lipinski definition) is 1. The van der Waals surface area contributed by atoms with Crippen LogP contribution in [0.3, 0.4) is 0 Å². The molecule has 0 saturated carbocycles. The number of nitrogens with two attached hydrogens (primary N) is 1. The maximum absolute atomic E-state index is 5.82. The van der Waals surface area contributed by atoms with Gasteiger partial charge in [0.1, 0.15) is 5.75 Å². The van der Waals surface area contributed by atoms with Crippen molar-refractivity contribution in [1.82, 2.24) is 19.8 Å². The zero-order valence-corrected chi connectivity index (χ0v) is 9.87. The summed E-state index contributed by atoms with van der Waals surface area (Å²) in [5.74, 6) is 0.987. The molecule has 0 atom stereocenters. The van der Waals surface area contributed by atoms with Gasteiger partial charge in [0, 0.05) is 17.8 Å². The molecule has 7 heteroatoms. The van der Waals surface area contributed by atoms with Crippen LogP contribution in [-0.2, 0) is 0 Å². The fourth-order valence-corrected chi connectivity index (χ4v) is 1.66. The van der Waals surface area contributed by atoms with Crippen LogP contribution >= 0.6 is 11.6 Å².